The van der Waals surface area contributed by atoms with Gasteiger partial charge in [0.2, 0.25) is 5.91 Å². The molecule has 1 aliphatic rings. The first-order chi connectivity index (χ1) is 7.20. The van der Waals surface area contributed by atoms with Gasteiger partial charge in [-0.15, -0.1) is 0 Å². The van der Waals surface area contributed by atoms with Crippen molar-refractivity contribution < 1.29 is 4.79 Å². The van der Waals surface area contributed by atoms with E-state index in [1.807, 2.05) is 4.90 Å². The first-order valence-electron chi connectivity index (χ1n) is 6.05. The Labute approximate surface area is 102 Å². The summed E-state index contributed by atoms with van der Waals surface area (Å²) < 4.78 is 0. The fraction of sp³-hybridized carbons (Fsp3) is 0.917. The Hall–Kier alpha value is -0.0500. The molecule has 1 unspecified atom stereocenters. The van der Waals surface area contributed by atoms with Crippen LogP contribution in [0, 0.1) is 11.8 Å². The summed E-state index contributed by atoms with van der Waals surface area (Å²) in [6.07, 6.45) is 4.78. The number of rotatable bonds is 7. The molecule has 0 bridgehead atoms. The van der Waals surface area contributed by atoms with Crippen molar-refractivity contribution >= 4 is 21.8 Å². The van der Waals surface area contributed by atoms with Crippen LogP contribution in [-0.2, 0) is 4.79 Å². The van der Waals surface area contributed by atoms with Crippen molar-refractivity contribution in [1.82, 2.24) is 4.90 Å². The SMILES string of the molecule is CCCCN(CCBr)C(=O)C(C)C1CC1. The van der Waals surface area contributed by atoms with Crippen LogP contribution < -0.4 is 0 Å². The molecule has 1 fully saturated rings. The first kappa shape index (κ1) is 13.0. The van der Waals surface area contributed by atoms with Crippen molar-refractivity contribution in [3.63, 3.8) is 0 Å². The van der Waals surface area contributed by atoms with Gasteiger partial charge in [-0.3, -0.25) is 4.79 Å². The van der Waals surface area contributed by atoms with Crippen LogP contribution >= 0.6 is 15.9 Å². The van der Waals surface area contributed by atoms with Gasteiger partial charge < -0.3 is 4.90 Å². The number of hydrogen-bond acceptors (Lipinski definition) is 1. The van der Waals surface area contributed by atoms with E-state index in [4.69, 9.17) is 0 Å². The Balaban J connectivity index is 2.41. The van der Waals surface area contributed by atoms with Gasteiger partial charge in [-0.25, -0.2) is 0 Å². The summed E-state index contributed by atoms with van der Waals surface area (Å²) in [5.41, 5.74) is 0. The second kappa shape index (κ2) is 6.51. The molecule has 0 heterocycles. The minimum absolute atomic E-state index is 0.251. The van der Waals surface area contributed by atoms with Gasteiger partial charge in [-0.2, -0.15) is 0 Å². The van der Waals surface area contributed by atoms with Crippen molar-refractivity contribution in [2.24, 2.45) is 11.8 Å². The van der Waals surface area contributed by atoms with Crippen molar-refractivity contribution in [2.45, 2.75) is 39.5 Å². The van der Waals surface area contributed by atoms with E-state index in [-0.39, 0.29) is 5.92 Å². The Morgan fingerprint density at radius 3 is 2.60 bits per heavy atom. The van der Waals surface area contributed by atoms with Crippen LogP contribution in [0.15, 0.2) is 0 Å². The van der Waals surface area contributed by atoms with E-state index in [1.54, 1.807) is 0 Å². The van der Waals surface area contributed by atoms with Gasteiger partial charge in [0.1, 0.15) is 0 Å². The lowest BCUT2D eigenvalue weighted by Gasteiger charge is -2.25. The van der Waals surface area contributed by atoms with Crippen molar-refractivity contribution in [2.75, 3.05) is 18.4 Å². The van der Waals surface area contributed by atoms with E-state index in [1.165, 1.54) is 12.8 Å². The molecule has 1 saturated carbocycles. The predicted octanol–water partition coefficient (Wildman–Crippen LogP) is 3.06. The fourth-order valence-electron chi connectivity index (χ4n) is 1.87. The number of unbranched alkanes of at least 4 members (excludes halogenated alkanes) is 1. The second-order valence-corrected chi connectivity index (χ2v) is 5.29. The number of carbonyl (C=O) groups is 1. The van der Waals surface area contributed by atoms with E-state index in [0.717, 1.165) is 31.3 Å². The van der Waals surface area contributed by atoms with E-state index >= 15 is 0 Å². The molecule has 0 aliphatic heterocycles. The average molecular weight is 276 g/mol. The molecule has 0 radical (unpaired) electrons. The maximum atomic E-state index is 12.1. The lowest BCUT2D eigenvalue weighted by Crippen LogP contribution is -2.38. The Bertz CT molecular complexity index is 204. The molecule has 88 valence electrons. The van der Waals surface area contributed by atoms with Gasteiger partial charge in [0, 0.05) is 24.3 Å². The summed E-state index contributed by atoms with van der Waals surface area (Å²) in [6.45, 7) is 6.04. The molecule has 0 aromatic rings. The third kappa shape index (κ3) is 4.13. The van der Waals surface area contributed by atoms with Crippen LogP contribution in [-0.4, -0.2) is 29.2 Å². The Morgan fingerprint density at radius 2 is 2.13 bits per heavy atom. The van der Waals surface area contributed by atoms with Crippen molar-refractivity contribution in [1.29, 1.82) is 0 Å². The molecule has 15 heavy (non-hydrogen) atoms. The predicted molar refractivity (Wildman–Crippen MR) is 67.2 cm³/mol. The second-order valence-electron chi connectivity index (χ2n) is 4.49. The highest BCUT2D eigenvalue weighted by Gasteiger charge is 2.34. The third-order valence-corrected chi connectivity index (χ3v) is 3.52. The van der Waals surface area contributed by atoms with E-state index in [2.05, 4.69) is 29.8 Å². The summed E-state index contributed by atoms with van der Waals surface area (Å²) in [5.74, 6) is 1.29. The zero-order chi connectivity index (χ0) is 11.3. The van der Waals surface area contributed by atoms with Gasteiger partial charge in [0.15, 0.2) is 0 Å². The molecule has 1 aliphatic carbocycles. The standard InChI is InChI=1S/C12H22BrNO/c1-3-4-8-14(9-7-13)12(15)10(2)11-5-6-11/h10-11H,3-9H2,1-2H3. The molecule has 0 N–H and O–H groups in total. The maximum absolute atomic E-state index is 12.1. The van der Waals surface area contributed by atoms with E-state index in [9.17, 15) is 4.79 Å². The van der Waals surface area contributed by atoms with Crippen LogP contribution in [0.2, 0.25) is 0 Å². The monoisotopic (exact) mass is 275 g/mol. The minimum Gasteiger partial charge on any atom is -0.342 e. The summed E-state index contributed by atoms with van der Waals surface area (Å²) in [6, 6.07) is 0. The highest BCUT2D eigenvalue weighted by atomic mass is 79.9. The van der Waals surface area contributed by atoms with Gasteiger partial charge in [0.05, 0.1) is 0 Å². The lowest BCUT2D eigenvalue weighted by atomic mass is 10.0. The zero-order valence-corrected chi connectivity index (χ0v) is 11.4. The summed E-state index contributed by atoms with van der Waals surface area (Å²) >= 11 is 3.42. The van der Waals surface area contributed by atoms with Crippen LogP contribution in [0.4, 0.5) is 0 Å². The van der Waals surface area contributed by atoms with Gasteiger partial charge in [-0.1, -0.05) is 36.2 Å². The van der Waals surface area contributed by atoms with Gasteiger partial charge >= 0.3 is 0 Å². The highest BCUT2D eigenvalue weighted by Crippen LogP contribution is 2.37. The first-order valence-corrected chi connectivity index (χ1v) is 7.17. The molecule has 3 heteroatoms. The topological polar surface area (TPSA) is 20.3 Å². The van der Waals surface area contributed by atoms with E-state index < -0.39 is 0 Å². The third-order valence-electron chi connectivity index (χ3n) is 3.17. The van der Waals surface area contributed by atoms with Crippen LogP contribution in [0.1, 0.15) is 39.5 Å². The Kier molecular flexibility index (Phi) is 5.65. The number of amides is 1. The molecule has 0 spiro atoms. The smallest absolute Gasteiger partial charge is 0.225 e. The molecule has 0 aromatic carbocycles. The van der Waals surface area contributed by atoms with Crippen LogP contribution in [0.5, 0.6) is 0 Å². The summed E-state index contributed by atoms with van der Waals surface area (Å²) in [7, 11) is 0. The quantitative estimate of drug-likeness (QED) is 0.654. The highest BCUT2D eigenvalue weighted by molar-refractivity contribution is 9.09. The number of nitrogens with zero attached hydrogens (tertiary/aromatic N) is 1. The fourth-order valence-corrected chi connectivity index (χ4v) is 2.30. The maximum Gasteiger partial charge on any atom is 0.225 e. The van der Waals surface area contributed by atoms with E-state index in [0.29, 0.717) is 11.8 Å². The lowest BCUT2D eigenvalue weighted by molar-refractivity contribution is -0.135. The minimum atomic E-state index is 0.251. The van der Waals surface area contributed by atoms with Crippen LogP contribution in [0.25, 0.3) is 0 Å². The molecule has 2 nitrogen and oxygen atoms in total. The molecule has 1 amide bonds. The Morgan fingerprint density at radius 1 is 1.47 bits per heavy atom. The number of hydrogen-bond donors (Lipinski definition) is 0. The largest absolute Gasteiger partial charge is 0.342 e. The molecule has 0 saturated heterocycles. The summed E-state index contributed by atoms with van der Waals surface area (Å²) in [4.78, 5) is 14.2. The molecular formula is C12H22BrNO. The number of alkyl halides is 1. The average Bonchev–Trinajstić information content (AvgIpc) is 3.05. The van der Waals surface area contributed by atoms with Crippen molar-refractivity contribution in [3.05, 3.63) is 0 Å². The zero-order valence-electron chi connectivity index (χ0n) is 9.84. The van der Waals surface area contributed by atoms with Gasteiger partial charge in [-0.05, 0) is 25.2 Å². The molecule has 1 rings (SSSR count). The molecule has 1 atom stereocenters. The summed E-state index contributed by atoms with van der Waals surface area (Å²) in [5, 5.41) is 0.889. The van der Waals surface area contributed by atoms with Crippen molar-refractivity contribution in [3.8, 4) is 0 Å². The number of carbonyl (C=O) groups excluding carboxylic acids is 1. The molecular weight excluding hydrogens is 254 g/mol. The van der Waals surface area contributed by atoms with Gasteiger partial charge in [0.25, 0.3) is 0 Å². The normalized spacial score (nSPS) is 17.5. The number of halogens is 1. The molecule has 0 aromatic heterocycles. The van der Waals surface area contributed by atoms with Crippen LogP contribution in [0.3, 0.4) is 0 Å².